The maximum Gasteiger partial charge on any atom is 0.328 e. The van der Waals surface area contributed by atoms with E-state index in [2.05, 4.69) is 33.9 Å². The first kappa shape index (κ1) is 23.4. The van der Waals surface area contributed by atoms with Crippen molar-refractivity contribution in [2.75, 3.05) is 24.7 Å². The van der Waals surface area contributed by atoms with Crippen molar-refractivity contribution in [3.8, 4) is 0 Å². The molecule has 0 aliphatic carbocycles. The molecule has 0 bridgehead atoms. The molecule has 2 rings (SSSR count). The van der Waals surface area contributed by atoms with E-state index >= 15 is 0 Å². The number of anilines is 1. The zero-order valence-corrected chi connectivity index (χ0v) is 19.9. The molecule has 1 saturated heterocycles. The molecule has 1 fully saturated rings. The lowest BCUT2D eigenvalue weighted by Crippen LogP contribution is -2.77. The predicted octanol–water partition coefficient (Wildman–Crippen LogP) is 5.01. The van der Waals surface area contributed by atoms with Gasteiger partial charge in [0.15, 0.2) is 8.32 Å². The summed E-state index contributed by atoms with van der Waals surface area (Å²) in [6.45, 7) is 15.9. The summed E-state index contributed by atoms with van der Waals surface area (Å²) in [6.07, 6.45) is 1.51. The van der Waals surface area contributed by atoms with Gasteiger partial charge in [-0.3, -0.25) is 14.6 Å². The van der Waals surface area contributed by atoms with Gasteiger partial charge in [0.1, 0.15) is 12.2 Å². The lowest BCUT2D eigenvalue weighted by atomic mass is 9.95. The van der Waals surface area contributed by atoms with Crippen LogP contribution in [0.25, 0.3) is 0 Å². The Labute approximate surface area is 176 Å². The highest BCUT2D eigenvalue weighted by atomic mass is 28.4. The molecular weight excluding hydrogens is 384 g/mol. The van der Waals surface area contributed by atoms with Crippen molar-refractivity contribution in [1.29, 1.82) is 0 Å². The number of hydrogen-bond donors (Lipinski definition) is 0. The molecule has 1 heterocycles. The van der Waals surface area contributed by atoms with Crippen LogP contribution in [-0.4, -0.2) is 50.6 Å². The van der Waals surface area contributed by atoms with Crippen LogP contribution in [-0.2, 0) is 14.0 Å². The molecule has 0 aromatic heterocycles. The number of ether oxygens (including phenoxy) is 1. The van der Waals surface area contributed by atoms with Crippen molar-refractivity contribution >= 4 is 26.0 Å². The minimum absolute atomic E-state index is 0.0321. The van der Waals surface area contributed by atoms with Crippen LogP contribution in [0.5, 0.6) is 0 Å². The van der Waals surface area contributed by atoms with Gasteiger partial charge in [-0.25, -0.2) is 4.79 Å². The third kappa shape index (κ3) is 5.01. The highest BCUT2D eigenvalue weighted by Crippen LogP contribution is 2.41. The number of esters is 1. The Bertz CT molecular complexity index is 717. The van der Waals surface area contributed by atoms with Crippen LogP contribution in [0.2, 0.25) is 18.1 Å². The van der Waals surface area contributed by atoms with E-state index in [1.807, 2.05) is 37.3 Å². The van der Waals surface area contributed by atoms with Crippen LogP contribution in [0.4, 0.5) is 10.5 Å². The summed E-state index contributed by atoms with van der Waals surface area (Å²) < 4.78 is 11.4. The molecule has 1 atom stereocenters. The number of nitrogens with zero attached hydrogens (tertiary/aromatic N) is 2. The molecule has 1 unspecified atom stereocenters. The molecular formula is C22H36N2O4Si. The van der Waals surface area contributed by atoms with Crippen LogP contribution < -0.4 is 4.90 Å². The number of urea groups is 1. The van der Waals surface area contributed by atoms with Gasteiger partial charge < -0.3 is 9.16 Å². The Morgan fingerprint density at radius 3 is 2.34 bits per heavy atom. The molecule has 162 valence electrons. The second kappa shape index (κ2) is 8.88. The van der Waals surface area contributed by atoms with Gasteiger partial charge in [-0.05, 0) is 57.0 Å². The largest absolute Gasteiger partial charge is 0.465 e. The zero-order chi connectivity index (χ0) is 21.9. The summed E-state index contributed by atoms with van der Waals surface area (Å²) in [5.74, 6) is -0.377. The fourth-order valence-corrected chi connectivity index (χ4v) is 4.43. The third-order valence-corrected chi connectivity index (χ3v) is 10.7. The highest BCUT2D eigenvalue weighted by Gasteiger charge is 2.55. The quantitative estimate of drug-likeness (QED) is 0.320. The molecule has 1 aromatic rings. The average Bonchev–Trinajstić information content (AvgIpc) is 2.63. The summed E-state index contributed by atoms with van der Waals surface area (Å²) in [4.78, 5) is 28.3. The average molecular weight is 421 g/mol. The normalized spacial score (nSPS) is 19.9. The van der Waals surface area contributed by atoms with Crippen LogP contribution in [0.15, 0.2) is 30.3 Å². The molecule has 1 aliphatic rings. The Kier molecular flexibility index (Phi) is 7.17. The molecule has 1 aromatic carbocycles. The lowest BCUT2D eigenvalue weighted by Gasteiger charge is -2.58. The number of carbonyl (C=O) groups excluding carboxylic acids is 2. The molecule has 1 aliphatic heterocycles. The number of amides is 2. The van der Waals surface area contributed by atoms with E-state index in [1.54, 1.807) is 16.7 Å². The first-order valence-corrected chi connectivity index (χ1v) is 13.3. The van der Waals surface area contributed by atoms with E-state index in [0.29, 0.717) is 19.6 Å². The van der Waals surface area contributed by atoms with Crippen molar-refractivity contribution < 1.29 is 18.8 Å². The van der Waals surface area contributed by atoms with Gasteiger partial charge in [-0.2, -0.15) is 0 Å². The molecule has 0 spiro atoms. The van der Waals surface area contributed by atoms with Crippen LogP contribution in [0, 0.1) is 0 Å². The molecule has 29 heavy (non-hydrogen) atoms. The SMILES string of the molecule is CCOC(=O)CN1C(=O)N(c2ccccc2)C1(C)CCCO[Si](C)(C)C(C)(C)C. The monoisotopic (exact) mass is 420 g/mol. The predicted molar refractivity (Wildman–Crippen MR) is 118 cm³/mol. The van der Waals surface area contributed by atoms with E-state index in [9.17, 15) is 9.59 Å². The van der Waals surface area contributed by atoms with Crippen LogP contribution in [0.1, 0.15) is 47.5 Å². The summed E-state index contributed by atoms with van der Waals surface area (Å²) in [7, 11) is -1.81. The zero-order valence-electron chi connectivity index (χ0n) is 18.9. The van der Waals surface area contributed by atoms with Gasteiger partial charge in [0, 0.05) is 12.3 Å². The molecule has 2 amide bonds. The molecule has 0 radical (unpaired) electrons. The van der Waals surface area contributed by atoms with Crippen molar-refractivity contribution in [2.45, 2.75) is 71.3 Å². The van der Waals surface area contributed by atoms with Gasteiger partial charge in [0.25, 0.3) is 0 Å². The number of benzene rings is 1. The van der Waals surface area contributed by atoms with Gasteiger partial charge in [0.05, 0.1) is 6.61 Å². The molecule has 0 N–H and O–H groups in total. The fourth-order valence-electron chi connectivity index (χ4n) is 3.35. The van der Waals surface area contributed by atoms with Gasteiger partial charge in [0.2, 0.25) is 0 Å². The summed E-state index contributed by atoms with van der Waals surface area (Å²) in [6, 6.07) is 9.43. The Balaban J connectivity index is 2.10. The van der Waals surface area contributed by atoms with E-state index in [4.69, 9.17) is 9.16 Å². The lowest BCUT2D eigenvalue weighted by molar-refractivity contribution is -0.146. The van der Waals surface area contributed by atoms with Gasteiger partial charge in [-0.15, -0.1) is 0 Å². The maximum absolute atomic E-state index is 12.9. The summed E-state index contributed by atoms with van der Waals surface area (Å²) >= 11 is 0. The minimum atomic E-state index is -1.81. The van der Waals surface area contributed by atoms with Crippen LogP contribution >= 0.6 is 0 Å². The number of rotatable bonds is 9. The van der Waals surface area contributed by atoms with E-state index in [0.717, 1.165) is 12.1 Å². The number of carbonyl (C=O) groups is 2. The second-order valence-corrected chi connectivity index (χ2v) is 14.1. The van der Waals surface area contributed by atoms with Crippen molar-refractivity contribution in [3.05, 3.63) is 30.3 Å². The molecule has 0 saturated carbocycles. The van der Waals surface area contributed by atoms with Gasteiger partial charge >= 0.3 is 12.0 Å². The minimum Gasteiger partial charge on any atom is -0.465 e. The van der Waals surface area contributed by atoms with Gasteiger partial charge in [-0.1, -0.05) is 39.0 Å². The van der Waals surface area contributed by atoms with Crippen molar-refractivity contribution in [3.63, 3.8) is 0 Å². The number of hydrogen-bond acceptors (Lipinski definition) is 4. The first-order chi connectivity index (χ1) is 13.4. The first-order valence-electron chi connectivity index (χ1n) is 10.4. The maximum atomic E-state index is 12.9. The van der Waals surface area contributed by atoms with Crippen molar-refractivity contribution in [2.24, 2.45) is 0 Å². The van der Waals surface area contributed by atoms with Crippen molar-refractivity contribution in [1.82, 2.24) is 4.90 Å². The second-order valence-electron chi connectivity index (χ2n) is 9.27. The smallest absolute Gasteiger partial charge is 0.328 e. The Hall–Kier alpha value is -1.86. The third-order valence-electron chi connectivity index (χ3n) is 6.16. The topological polar surface area (TPSA) is 59.1 Å². The molecule has 7 heteroatoms. The standard InChI is InChI=1S/C22H36N2O4Si/c1-8-27-19(25)17-23-20(26)24(18-13-10-9-11-14-18)22(23,5)15-12-16-28-29(6,7)21(2,3)4/h9-11,13-14H,8,12,15-17H2,1-7H3. The summed E-state index contributed by atoms with van der Waals surface area (Å²) in [5, 5.41) is 0.162. The Morgan fingerprint density at radius 1 is 1.17 bits per heavy atom. The van der Waals surface area contributed by atoms with E-state index in [-0.39, 0.29) is 23.6 Å². The highest BCUT2D eigenvalue weighted by molar-refractivity contribution is 6.74. The van der Waals surface area contributed by atoms with Crippen LogP contribution in [0.3, 0.4) is 0 Å². The fraction of sp³-hybridized carbons (Fsp3) is 0.636. The number of para-hydroxylation sites is 1. The van der Waals surface area contributed by atoms with E-state index < -0.39 is 14.0 Å². The molecule has 6 nitrogen and oxygen atoms in total. The van der Waals surface area contributed by atoms with E-state index in [1.165, 1.54) is 0 Å². The Morgan fingerprint density at radius 2 is 1.79 bits per heavy atom. The summed E-state index contributed by atoms with van der Waals surface area (Å²) in [5.41, 5.74) is 0.257.